The van der Waals surface area contributed by atoms with E-state index in [4.69, 9.17) is 16.3 Å². The summed E-state index contributed by atoms with van der Waals surface area (Å²) in [6.45, 7) is 0. The Morgan fingerprint density at radius 1 is 1.37 bits per heavy atom. The fraction of sp³-hybridized carbons (Fsp3) is 0.200. The van der Waals surface area contributed by atoms with Crippen molar-refractivity contribution in [2.24, 2.45) is 7.05 Å². The number of rotatable bonds is 3. The number of anilines is 2. The summed E-state index contributed by atoms with van der Waals surface area (Å²) in [5, 5.41) is 11.7. The maximum absolute atomic E-state index is 5.93. The first-order valence-electron chi connectivity index (χ1n) is 5.38. The Labute approximate surface area is 113 Å². The first kappa shape index (κ1) is 11.7. The highest BCUT2D eigenvalue weighted by atomic mass is 35.5. The number of aryl methyl sites for hydroxylation is 1. The van der Waals surface area contributed by atoms with Crippen LogP contribution in [0.4, 0.5) is 11.6 Å². The third kappa shape index (κ3) is 2.06. The molecule has 19 heavy (non-hydrogen) atoms. The van der Waals surface area contributed by atoms with Gasteiger partial charge < -0.3 is 10.1 Å². The van der Waals surface area contributed by atoms with Crippen LogP contribution in [-0.2, 0) is 7.05 Å². The summed E-state index contributed by atoms with van der Waals surface area (Å²) in [5.41, 5.74) is 0. The van der Waals surface area contributed by atoms with Crippen molar-refractivity contribution >= 4 is 29.0 Å². The van der Waals surface area contributed by atoms with Crippen molar-refractivity contribution in [2.75, 3.05) is 12.4 Å². The molecule has 98 valence electrons. The van der Waals surface area contributed by atoms with Crippen LogP contribution in [0.1, 0.15) is 0 Å². The molecule has 0 spiro atoms. The number of aromatic nitrogens is 6. The minimum absolute atomic E-state index is 0.325. The van der Waals surface area contributed by atoms with Crippen molar-refractivity contribution in [1.29, 1.82) is 0 Å². The Bertz CT molecular complexity index is 735. The number of hydrogen-bond acceptors (Lipinski definition) is 6. The van der Waals surface area contributed by atoms with Gasteiger partial charge >= 0.3 is 0 Å². The molecule has 0 unspecified atom stereocenters. The van der Waals surface area contributed by atoms with Crippen molar-refractivity contribution < 1.29 is 4.74 Å². The summed E-state index contributed by atoms with van der Waals surface area (Å²) in [6, 6.07) is 3.40. The second-order valence-corrected chi connectivity index (χ2v) is 4.14. The van der Waals surface area contributed by atoms with Gasteiger partial charge in [0.2, 0.25) is 5.88 Å². The van der Waals surface area contributed by atoms with Gasteiger partial charge in [-0.05, 0) is 0 Å². The van der Waals surface area contributed by atoms with Gasteiger partial charge in [-0.25, -0.2) is 4.68 Å². The van der Waals surface area contributed by atoms with Crippen LogP contribution in [0.3, 0.4) is 0 Å². The Morgan fingerprint density at radius 2 is 2.21 bits per heavy atom. The van der Waals surface area contributed by atoms with Crippen LogP contribution in [0.5, 0.6) is 5.88 Å². The van der Waals surface area contributed by atoms with Crippen molar-refractivity contribution in [3.63, 3.8) is 0 Å². The first-order chi connectivity index (χ1) is 9.17. The third-order valence-electron chi connectivity index (χ3n) is 2.52. The lowest BCUT2D eigenvalue weighted by molar-refractivity contribution is 0.373. The van der Waals surface area contributed by atoms with E-state index >= 15 is 0 Å². The molecule has 0 aliphatic rings. The van der Waals surface area contributed by atoms with Crippen molar-refractivity contribution in [3.8, 4) is 5.88 Å². The first-order valence-corrected chi connectivity index (χ1v) is 5.76. The van der Waals surface area contributed by atoms with E-state index in [2.05, 4.69) is 25.5 Å². The lowest BCUT2D eigenvalue weighted by atomic mass is 10.5. The molecule has 3 aromatic rings. The molecular weight excluding hydrogens is 270 g/mol. The lowest BCUT2D eigenvalue weighted by Crippen LogP contribution is -2.02. The Balaban J connectivity index is 2.02. The third-order valence-corrected chi connectivity index (χ3v) is 2.72. The van der Waals surface area contributed by atoms with Gasteiger partial charge in [-0.1, -0.05) is 11.6 Å². The van der Waals surface area contributed by atoms with Gasteiger partial charge in [0.05, 0.1) is 7.11 Å². The summed E-state index contributed by atoms with van der Waals surface area (Å²) < 4.78 is 8.30. The highest BCUT2D eigenvalue weighted by Crippen LogP contribution is 2.21. The van der Waals surface area contributed by atoms with Crippen molar-refractivity contribution in [3.05, 3.63) is 23.6 Å². The van der Waals surface area contributed by atoms with Crippen LogP contribution in [0.2, 0.25) is 5.15 Å². The molecule has 0 aromatic carbocycles. The van der Waals surface area contributed by atoms with E-state index in [-0.39, 0.29) is 0 Å². The molecule has 9 heteroatoms. The normalized spacial score (nSPS) is 10.9. The standard InChI is InChI=1S/C10H10ClN7O/c1-17-9(19-2)4-7(16-17)15-8-3-6(11)14-10-12-5-13-18(8)10/h3-5H,1-2H3,(H,15,16). The maximum atomic E-state index is 5.93. The zero-order valence-electron chi connectivity index (χ0n) is 10.2. The highest BCUT2D eigenvalue weighted by Gasteiger charge is 2.10. The van der Waals surface area contributed by atoms with E-state index in [1.807, 2.05) is 0 Å². The lowest BCUT2D eigenvalue weighted by Gasteiger charge is -2.04. The monoisotopic (exact) mass is 279 g/mol. The minimum atomic E-state index is 0.325. The van der Waals surface area contributed by atoms with E-state index in [0.29, 0.717) is 28.4 Å². The van der Waals surface area contributed by atoms with E-state index in [1.54, 1.807) is 31.0 Å². The summed E-state index contributed by atoms with van der Waals surface area (Å²) in [5.74, 6) is 2.28. The number of nitrogens with one attached hydrogen (secondary N) is 1. The Hall–Kier alpha value is -2.35. The van der Waals surface area contributed by atoms with Gasteiger partial charge in [-0.2, -0.15) is 24.7 Å². The zero-order valence-corrected chi connectivity index (χ0v) is 11.0. The van der Waals surface area contributed by atoms with Gasteiger partial charge in [0.1, 0.15) is 17.3 Å². The molecule has 0 amide bonds. The van der Waals surface area contributed by atoms with Crippen LogP contribution in [0, 0.1) is 0 Å². The molecule has 1 N–H and O–H groups in total. The molecule has 0 aliphatic carbocycles. The Kier molecular flexibility index (Phi) is 2.71. The molecule has 0 radical (unpaired) electrons. The molecule has 0 saturated heterocycles. The molecule has 0 saturated carbocycles. The van der Waals surface area contributed by atoms with Gasteiger partial charge in [-0.3, -0.25) is 0 Å². The smallest absolute Gasteiger partial charge is 0.255 e. The van der Waals surface area contributed by atoms with Gasteiger partial charge in [-0.15, -0.1) is 0 Å². The van der Waals surface area contributed by atoms with Crippen LogP contribution in [0.25, 0.3) is 5.78 Å². The van der Waals surface area contributed by atoms with Crippen LogP contribution < -0.4 is 10.1 Å². The predicted molar refractivity (Wildman–Crippen MR) is 68.8 cm³/mol. The molecular formula is C10H10ClN7O. The Morgan fingerprint density at radius 3 is 2.95 bits per heavy atom. The largest absolute Gasteiger partial charge is 0.481 e. The summed E-state index contributed by atoms with van der Waals surface area (Å²) in [6.07, 6.45) is 1.41. The number of hydrogen-bond donors (Lipinski definition) is 1. The predicted octanol–water partition coefficient (Wildman–Crippen LogP) is 1.26. The van der Waals surface area contributed by atoms with Gasteiger partial charge in [0, 0.05) is 19.2 Å². The molecule has 3 heterocycles. The number of ether oxygens (including phenoxy) is 1. The van der Waals surface area contributed by atoms with Crippen LogP contribution in [0.15, 0.2) is 18.5 Å². The second-order valence-electron chi connectivity index (χ2n) is 3.76. The minimum Gasteiger partial charge on any atom is -0.481 e. The quantitative estimate of drug-likeness (QED) is 0.727. The van der Waals surface area contributed by atoms with E-state index in [1.165, 1.54) is 10.8 Å². The molecule has 8 nitrogen and oxygen atoms in total. The van der Waals surface area contributed by atoms with Crippen molar-refractivity contribution in [1.82, 2.24) is 29.4 Å². The van der Waals surface area contributed by atoms with Crippen LogP contribution in [-0.4, -0.2) is 36.5 Å². The highest BCUT2D eigenvalue weighted by molar-refractivity contribution is 6.29. The number of fused-ring (bicyclic) bond motifs is 1. The number of methoxy groups -OCH3 is 1. The van der Waals surface area contributed by atoms with E-state index in [0.717, 1.165) is 0 Å². The average molecular weight is 280 g/mol. The molecule has 0 bridgehead atoms. The summed E-state index contributed by atoms with van der Waals surface area (Å²) >= 11 is 5.93. The van der Waals surface area contributed by atoms with Crippen molar-refractivity contribution in [2.45, 2.75) is 0 Å². The number of halogens is 1. The molecule has 0 fully saturated rings. The fourth-order valence-corrected chi connectivity index (χ4v) is 1.88. The maximum Gasteiger partial charge on any atom is 0.255 e. The molecule has 3 rings (SSSR count). The van der Waals surface area contributed by atoms with Gasteiger partial charge in [0.25, 0.3) is 5.78 Å². The van der Waals surface area contributed by atoms with E-state index in [9.17, 15) is 0 Å². The molecule has 3 aromatic heterocycles. The SMILES string of the molecule is COc1cc(Nc2cc(Cl)nc3ncnn23)nn1C. The van der Waals surface area contributed by atoms with Gasteiger partial charge in [0.15, 0.2) is 5.82 Å². The average Bonchev–Trinajstić information content (AvgIpc) is 2.95. The zero-order chi connectivity index (χ0) is 13.4. The number of nitrogens with zero attached hydrogens (tertiary/aromatic N) is 6. The summed E-state index contributed by atoms with van der Waals surface area (Å²) in [7, 11) is 3.37. The summed E-state index contributed by atoms with van der Waals surface area (Å²) in [4.78, 5) is 8.03. The fourth-order valence-electron chi connectivity index (χ4n) is 1.71. The molecule has 0 atom stereocenters. The van der Waals surface area contributed by atoms with Crippen LogP contribution >= 0.6 is 11.6 Å². The molecule has 0 aliphatic heterocycles. The van der Waals surface area contributed by atoms with E-state index < -0.39 is 0 Å². The topological polar surface area (TPSA) is 82.2 Å². The second kappa shape index (κ2) is 4.39.